The first-order valence-electron chi connectivity index (χ1n) is 8.29. The van der Waals surface area contributed by atoms with Gasteiger partial charge in [0.25, 0.3) is 5.91 Å². The lowest BCUT2D eigenvalue weighted by atomic mass is 10.1. The maximum atomic E-state index is 12.9. The Labute approximate surface area is 159 Å². The van der Waals surface area contributed by atoms with E-state index in [4.69, 9.17) is 11.6 Å². The first kappa shape index (κ1) is 17.2. The van der Waals surface area contributed by atoms with Crippen molar-refractivity contribution < 1.29 is 4.79 Å². The summed E-state index contributed by atoms with van der Waals surface area (Å²) >= 11 is 6.08. The number of rotatable bonds is 4. The predicted octanol–water partition coefficient (Wildman–Crippen LogP) is 2.69. The zero-order chi connectivity index (χ0) is 19.0. The van der Waals surface area contributed by atoms with Crippen molar-refractivity contribution in [3.8, 4) is 5.69 Å². The molecule has 2 aromatic carbocycles. The molecular formula is C18H16ClN7O. The molecular weight excluding hydrogens is 366 g/mol. The summed E-state index contributed by atoms with van der Waals surface area (Å²) in [7, 11) is 1.93. The van der Waals surface area contributed by atoms with Crippen LogP contribution in [0.3, 0.4) is 0 Å². The molecule has 8 nitrogen and oxygen atoms in total. The van der Waals surface area contributed by atoms with Crippen molar-refractivity contribution in [1.29, 1.82) is 0 Å². The predicted molar refractivity (Wildman–Crippen MR) is 101 cm³/mol. The van der Waals surface area contributed by atoms with Crippen LogP contribution in [0.15, 0.2) is 48.8 Å². The number of nitrogens with zero attached hydrogens (tertiary/aromatic N) is 6. The van der Waals surface area contributed by atoms with Gasteiger partial charge in [0.05, 0.1) is 28.3 Å². The highest BCUT2D eigenvalue weighted by Gasteiger charge is 2.20. The highest BCUT2D eigenvalue weighted by molar-refractivity contribution is 6.31. The van der Waals surface area contributed by atoms with Gasteiger partial charge in [-0.1, -0.05) is 23.7 Å². The number of nitrogens with one attached hydrogen (secondary N) is 1. The normalized spacial score (nSPS) is 12.3. The lowest BCUT2D eigenvalue weighted by molar-refractivity contribution is 0.0937. The number of carbonyl (C=O) groups excluding carboxylic acids is 1. The minimum Gasteiger partial charge on any atom is -0.342 e. The molecule has 1 N–H and O–H groups in total. The Kier molecular flexibility index (Phi) is 4.33. The van der Waals surface area contributed by atoms with Crippen molar-refractivity contribution in [3.63, 3.8) is 0 Å². The minimum absolute atomic E-state index is 0.267. The number of benzene rings is 2. The van der Waals surface area contributed by atoms with E-state index in [0.717, 1.165) is 16.9 Å². The molecule has 9 heteroatoms. The number of amides is 1. The van der Waals surface area contributed by atoms with Gasteiger partial charge in [-0.25, -0.2) is 4.98 Å². The van der Waals surface area contributed by atoms with Crippen LogP contribution in [0.2, 0.25) is 5.02 Å². The van der Waals surface area contributed by atoms with Gasteiger partial charge in [0.15, 0.2) is 0 Å². The van der Waals surface area contributed by atoms with Crippen molar-refractivity contribution in [3.05, 3.63) is 65.2 Å². The maximum Gasteiger partial charge on any atom is 0.254 e. The summed E-state index contributed by atoms with van der Waals surface area (Å²) in [6.07, 6.45) is 1.41. The monoisotopic (exact) mass is 381 g/mol. The molecule has 2 aromatic heterocycles. The number of fused-ring (bicyclic) bond motifs is 1. The van der Waals surface area contributed by atoms with Crippen molar-refractivity contribution in [1.82, 2.24) is 35.1 Å². The summed E-state index contributed by atoms with van der Waals surface area (Å²) in [4.78, 5) is 17.5. The average Bonchev–Trinajstić information content (AvgIpc) is 3.30. The number of halogens is 1. The molecule has 0 aliphatic rings. The number of imidazole rings is 1. The lowest BCUT2D eigenvalue weighted by Gasteiger charge is -2.15. The Morgan fingerprint density at radius 2 is 2.04 bits per heavy atom. The van der Waals surface area contributed by atoms with E-state index >= 15 is 0 Å². The number of para-hydroxylation sites is 2. The molecule has 136 valence electrons. The summed E-state index contributed by atoms with van der Waals surface area (Å²) in [5, 5.41) is 14.6. The molecule has 2 heterocycles. The van der Waals surface area contributed by atoms with E-state index in [-0.39, 0.29) is 11.9 Å². The molecule has 0 bridgehead atoms. The quantitative estimate of drug-likeness (QED) is 0.587. The standard InChI is InChI=1S/C18H16ClN7O/c1-11(17-22-14-5-3-4-6-15(14)25(17)2)21-18(27)13-8-7-12(19)9-16(13)26-10-20-23-24-26/h3-11H,1-2H3,(H,21,27)/t11-/m1/s1. The van der Waals surface area contributed by atoms with E-state index in [2.05, 4.69) is 25.8 Å². The van der Waals surface area contributed by atoms with Crippen LogP contribution in [-0.4, -0.2) is 35.7 Å². The van der Waals surface area contributed by atoms with Crippen LogP contribution in [0.1, 0.15) is 29.1 Å². The van der Waals surface area contributed by atoms with E-state index in [0.29, 0.717) is 16.3 Å². The van der Waals surface area contributed by atoms with Crippen molar-refractivity contribution >= 4 is 28.5 Å². The summed E-state index contributed by atoms with van der Waals surface area (Å²) in [5.41, 5.74) is 2.81. The summed E-state index contributed by atoms with van der Waals surface area (Å²) in [6, 6.07) is 12.5. The van der Waals surface area contributed by atoms with E-state index in [1.807, 2.05) is 42.8 Å². The molecule has 0 spiro atoms. The zero-order valence-electron chi connectivity index (χ0n) is 14.7. The Morgan fingerprint density at radius 1 is 1.22 bits per heavy atom. The second-order valence-corrected chi connectivity index (χ2v) is 6.57. The van der Waals surface area contributed by atoms with Gasteiger partial charge in [0.1, 0.15) is 12.2 Å². The summed E-state index contributed by atoms with van der Waals surface area (Å²) in [6.45, 7) is 1.89. The van der Waals surface area contributed by atoms with Crippen molar-refractivity contribution in [2.75, 3.05) is 0 Å². The molecule has 27 heavy (non-hydrogen) atoms. The highest BCUT2D eigenvalue weighted by Crippen LogP contribution is 2.22. The van der Waals surface area contributed by atoms with Crippen LogP contribution in [0, 0.1) is 0 Å². The van der Waals surface area contributed by atoms with E-state index in [1.54, 1.807) is 18.2 Å². The van der Waals surface area contributed by atoms with Crippen molar-refractivity contribution in [2.24, 2.45) is 7.05 Å². The topological polar surface area (TPSA) is 90.5 Å². The molecule has 1 atom stereocenters. The van der Waals surface area contributed by atoms with Crippen LogP contribution in [0.4, 0.5) is 0 Å². The maximum absolute atomic E-state index is 12.9. The van der Waals surface area contributed by atoms with Crippen LogP contribution >= 0.6 is 11.6 Å². The fourth-order valence-electron chi connectivity index (χ4n) is 3.05. The van der Waals surface area contributed by atoms with Gasteiger partial charge in [-0.15, -0.1) is 5.10 Å². The fraction of sp³-hybridized carbons (Fsp3) is 0.167. The van der Waals surface area contributed by atoms with Crippen molar-refractivity contribution in [2.45, 2.75) is 13.0 Å². The summed E-state index contributed by atoms with van der Waals surface area (Å²) < 4.78 is 3.38. The number of tetrazole rings is 1. The number of carbonyl (C=O) groups is 1. The van der Waals surface area contributed by atoms with E-state index < -0.39 is 0 Å². The van der Waals surface area contributed by atoms with Crippen LogP contribution in [-0.2, 0) is 7.05 Å². The molecule has 0 aliphatic carbocycles. The van der Waals surface area contributed by atoms with Gasteiger partial charge >= 0.3 is 0 Å². The molecule has 0 radical (unpaired) electrons. The Bertz CT molecular complexity index is 1120. The third kappa shape index (κ3) is 3.15. The second-order valence-electron chi connectivity index (χ2n) is 6.13. The molecule has 0 aliphatic heterocycles. The molecule has 4 rings (SSSR count). The molecule has 0 saturated carbocycles. The molecule has 4 aromatic rings. The Hall–Kier alpha value is -3.26. The van der Waals surface area contributed by atoms with Gasteiger partial charge in [0.2, 0.25) is 0 Å². The van der Waals surface area contributed by atoms with Gasteiger partial charge in [-0.3, -0.25) is 4.79 Å². The minimum atomic E-state index is -0.299. The van der Waals surface area contributed by atoms with Crippen LogP contribution in [0.5, 0.6) is 0 Å². The number of aryl methyl sites for hydroxylation is 1. The van der Waals surface area contributed by atoms with Gasteiger partial charge in [-0.05, 0) is 47.7 Å². The molecule has 1 amide bonds. The smallest absolute Gasteiger partial charge is 0.254 e. The Morgan fingerprint density at radius 3 is 2.78 bits per heavy atom. The largest absolute Gasteiger partial charge is 0.342 e. The van der Waals surface area contributed by atoms with E-state index in [1.165, 1.54) is 11.0 Å². The van der Waals surface area contributed by atoms with Crippen LogP contribution in [0.25, 0.3) is 16.7 Å². The molecule has 0 saturated heterocycles. The second kappa shape index (κ2) is 6.81. The first-order chi connectivity index (χ1) is 13.0. The van der Waals surface area contributed by atoms with Crippen LogP contribution < -0.4 is 5.32 Å². The van der Waals surface area contributed by atoms with Gasteiger partial charge < -0.3 is 9.88 Å². The number of aromatic nitrogens is 6. The number of hydrogen-bond acceptors (Lipinski definition) is 5. The van der Waals surface area contributed by atoms with Gasteiger partial charge in [-0.2, -0.15) is 4.68 Å². The molecule has 0 unspecified atom stereocenters. The van der Waals surface area contributed by atoms with E-state index in [9.17, 15) is 4.79 Å². The first-order valence-corrected chi connectivity index (χ1v) is 8.67. The molecule has 0 fully saturated rings. The highest BCUT2D eigenvalue weighted by atomic mass is 35.5. The SMILES string of the molecule is C[C@@H](NC(=O)c1ccc(Cl)cc1-n1cnnn1)c1nc2ccccc2n1C. The zero-order valence-corrected chi connectivity index (χ0v) is 15.4. The lowest BCUT2D eigenvalue weighted by Crippen LogP contribution is -2.29. The summed E-state index contributed by atoms with van der Waals surface area (Å²) in [5.74, 6) is 0.499. The fourth-order valence-corrected chi connectivity index (χ4v) is 3.21. The Balaban J connectivity index is 1.65. The third-order valence-corrected chi connectivity index (χ3v) is 4.59. The van der Waals surface area contributed by atoms with Gasteiger partial charge in [0, 0.05) is 12.1 Å². The number of hydrogen-bond donors (Lipinski definition) is 1. The third-order valence-electron chi connectivity index (χ3n) is 4.36. The average molecular weight is 382 g/mol.